The van der Waals surface area contributed by atoms with Gasteiger partial charge in [-0.1, -0.05) is 6.42 Å². The molecule has 1 aromatic heterocycles. The van der Waals surface area contributed by atoms with Crippen LogP contribution in [0.3, 0.4) is 0 Å². The van der Waals surface area contributed by atoms with Crippen LogP contribution in [0.15, 0.2) is 12.4 Å². The average molecular weight is 279 g/mol. The number of rotatable bonds is 8. The first-order chi connectivity index (χ1) is 9.79. The van der Waals surface area contributed by atoms with Crippen molar-refractivity contribution >= 4 is 0 Å². The van der Waals surface area contributed by atoms with Crippen molar-refractivity contribution in [2.75, 3.05) is 45.8 Å². The van der Waals surface area contributed by atoms with Crippen LogP contribution < -0.4 is 5.73 Å². The lowest BCUT2D eigenvalue weighted by Crippen LogP contribution is -2.47. The molecule has 1 aliphatic heterocycles. The Morgan fingerprint density at radius 2 is 1.70 bits per heavy atom. The summed E-state index contributed by atoms with van der Waals surface area (Å²) in [4.78, 5) is 9.43. The molecule has 5 heteroatoms. The van der Waals surface area contributed by atoms with E-state index in [1.807, 2.05) is 6.20 Å². The summed E-state index contributed by atoms with van der Waals surface area (Å²) in [6, 6.07) is 0. The predicted octanol–water partition coefficient (Wildman–Crippen LogP) is 0.938. The summed E-state index contributed by atoms with van der Waals surface area (Å²) in [5.74, 6) is 1.11. The molecule has 0 unspecified atom stereocenters. The number of aryl methyl sites for hydroxylation is 1. The van der Waals surface area contributed by atoms with Crippen LogP contribution >= 0.6 is 0 Å². The zero-order valence-corrected chi connectivity index (χ0v) is 12.8. The third-order valence-corrected chi connectivity index (χ3v) is 4.22. The predicted molar refractivity (Wildman–Crippen MR) is 82.7 cm³/mol. The number of piperazine rings is 1. The standard InChI is InChI=1S/C15H29N5/c1-15-17-6-8-20(15)14-13-19-11-9-18(10-12-19)7-4-2-3-5-16/h6,8H,2-5,7,9-14,16H2,1H3. The van der Waals surface area contributed by atoms with Crippen LogP contribution in [0.2, 0.25) is 0 Å². The zero-order chi connectivity index (χ0) is 14.2. The molecular formula is C15H29N5. The number of hydrogen-bond acceptors (Lipinski definition) is 4. The summed E-state index contributed by atoms with van der Waals surface area (Å²) >= 11 is 0. The van der Waals surface area contributed by atoms with Gasteiger partial charge in [-0.3, -0.25) is 4.90 Å². The first kappa shape index (κ1) is 15.5. The van der Waals surface area contributed by atoms with Crippen LogP contribution in [0.4, 0.5) is 0 Å². The van der Waals surface area contributed by atoms with E-state index in [0.717, 1.165) is 25.5 Å². The quantitative estimate of drug-likeness (QED) is 0.720. The minimum absolute atomic E-state index is 0.835. The first-order valence-corrected chi connectivity index (χ1v) is 7.92. The normalized spacial score (nSPS) is 17.7. The molecule has 5 nitrogen and oxygen atoms in total. The Hall–Kier alpha value is -0.910. The van der Waals surface area contributed by atoms with Gasteiger partial charge < -0.3 is 15.2 Å². The van der Waals surface area contributed by atoms with Gasteiger partial charge in [0.15, 0.2) is 0 Å². The highest BCUT2D eigenvalue weighted by atomic mass is 15.3. The molecule has 0 aromatic carbocycles. The van der Waals surface area contributed by atoms with Crippen LogP contribution in [-0.4, -0.2) is 65.2 Å². The van der Waals surface area contributed by atoms with Crippen molar-refractivity contribution in [1.82, 2.24) is 19.4 Å². The lowest BCUT2D eigenvalue weighted by Gasteiger charge is -2.34. The molecule has 0 saturated carbocycles. The van der Waals surface area contributed by atoms with Gasteiger partial charge in [0, 0.05) is 51.7 Å². The summed E-state index contributed by atoms with van der Waals surface area (Å²) in [6.07, 6.45) is 7.70. The van der Waals surface area contributed by atoms with Crippen molar-refractivity contribution in [1.29, 1.82) is 0 Å². The van der Waals surface area contributed by atoms with Gasteiger partial charge in [-0.05, 0) is 32.9 Å². The van der Waals surface area contributed by atoms with Gasteiger partial charge in [0.2, 0.25) is 0 Å². The molecule has 114 valence electrons. The Balaban J connectivity index is 1.58. The summed E-state index contributed by atoms with van der Waals surface area (Å²) in [6.45, 7) is 11.2. The van der Waals surface area contributed by atoms with E-state index in [1.54, 1.807) is 0 Å². The van der Waals surface area contributed by atoms with Gasteiger partial charge in [-0.25, -0.2) is 4.98 Å². The maximum Gasteiger partial charge on any atom is 0.105 e. The molecule has 1 fully saturated rings. The second kappa shape index (κ2) is 8.39. The second-order valence-electron chi connectivity index (χ2n) is 5.70. The van der Waals surface area contributed by atoms with Gasteiger partial charge in [0.05, 0.1) is 0 Å². The van der Waals surface area contributed by atoms with Crippen LogP contribution in [0.1, 0.15) is 25.1 Å². The Kier molecular flexibility index (Phi) is 6.50. The fourth-order valence-corrected chi connectivity index (χ4v) is 2.78. The molecule has 0 radical (unpaired) electrons. The molecule has 0 spiro atoms. The third kappa shape index (κ3) is 4.89. The highest BCUT2D eigenvalue weighted by Crippen LogP contribution is 2.05. The highest BCUT2D eigenvalue weighted by molar-refractivity contribution is 4.88. The lowest BCUT2D eigenvalue weighted by molar-refractivity contribution is 0.127. The van der Waals surface area contributed by atoms with Gasteiger partial charge in [-0.2, -0.15) is 0 Å². The number of unbranched alkanes of at least 4 members (excludes halogenated alkanes) is 2. The van der Waals surface area contributed by atoms with Crippen molar-refractivity contribution in [3.05, 3.63) is 18.2 Å². The van der Waals surface area contributed by atoms with Crippen LogP contribution in [0.25, 0.3) is 0 Å². The topological polar surface area (TPSA) is 50.3 Å². The highest BCUT2D eigenvalue weighted by Gasteiger charge is 2.16. The SMILES string of the molecule is Cc1nccn1CCN1CCN(CCCCCN)CC1. The van der Waals surface area contributed by atoms with E-state index in [0.29, 0.717) is 0 Å². The molecule has 20 heavy (non-hydrogen) atoms. The van der Waals surface area contributed by atoms with Gasteiger partial charge in [0.25, 0.3) is 0 Å². The molecule has 2 rings (SSSR count). The number of nitrogens with zero attached hydrogens (tertiary/aromatic N) is 4. The van der Waals surface area contributed by atoms with Crippen LogP contribution in [0.5, 0.6) is 0 Å². The summed E-state index contributed by atoms with van der Waals surface area (Å²) in [5, 5.41) is 0. The van der Waals surface area contributed by atoms with Gasteiger partial charge >= 0.3 is 0 Å². The first-order valence-electron chi connectivity index (χ1n) is 7.92. The van der Waals surface area contributed by atoms with Crippen molar-refractivity contribution in [3.63, 3.8) is 0 Å². The summed E-state index contributed by atoms with van der Waals surface area (Å²) in [7, 11) is 0. The fraction of sp³-hybridized carbons (Fsp3) is 0.800. The Morgan fingerprint density at radius 3 is 2.30 bits per heavy atom. The summed E-state index contributed by atoms with van der Waals surface area (Å²) in [5.41, 5.74) is 5.52. The van der Waals surface area contributed by atoms with Crippen molar-refractivity contribution in [2.24, 2.45) is 5.73 Å². The number of aromatic nitrogens is 2. The number of hydrogen-bond donors (Lipinski definition) is 1. The van der Waals surface area contributed by atoms with E-state index < -0.39 is 0 Å². The Bertz CT molecular complexity index is 368. The minimum atomic E-state index is 0.835. The Labute approximate surface area is 122 Å². The van der Waals surface area contributed by atoms with Gasteiger partial charge in [0.1, 0.15) is 5.82 Å². The Morgan fingerprint density at radius 1 is 1.00 bits per heavy atom. The minimum Gasteiger partial charge on any atom is -0.334 e. The van der Waals surface area contributed by atoms with E-state index in [1.165, 1.54) is 52.0 Å². The lowest BCUT2D eigenvalue weighted by atomic mass is 10.2. The monoisotopic (exact) mass is 279 g/mol. The number of nitrogens with two attached hydrogens (primary N) is 1. The van der Waals surface area contributed by atoms with Gasteiger partial charge in [-0.15, -0.1) is 0 Å². The van der Waals surface area contributed by atoms with E-state index in [2.05, 4.69) is 32.5 Å². The maximum absolute atomic E-state index is 5.52. The smallest absolute Gasteiger partial charge is 0.105 e. The fourth-order valence-electron chi connectivity index (χ4n) is 2.78. The molecule has 1 aromatic rings. The van der Waals surface area contributed by atoms with Crippen molar-refractivity contribution in [3.8, 4) is 0 Å². The molecule has 0 bridgehead atoms. The summed E-state index contributed by atoms with van der Waals surface area (Å²) < 4.78 is 2.24. The molecule has 1 aliphatic rings. The van der Waals surface area contributed by atoms with E-state index in [9.17, 15) is 0 Å². The van der Waals surface area contributed by atoms with Crippen molar-refractivity contribution < 1.29 is 0 Å². The van der Waals surface area contributed by atoms with E-state index in [4.69, 9.17) is 5.73 Å². The van der Waals surface area contributed by atoms with E-state index >= 15 is 0 Å². The number of imidazole rings is 1. The third-order valence-electron chi connectivity index (χ3n) is 4.22. The van der Waals surface area contributed by atoms with E-state index in [-0.39, 0.29) is 0 Å². The maximum atomic E-state index is 5.52. The molecular weight excluding hydrogens is 250 g/mol. The zero-order valence-electron chi connectivity index (χ0n) is 12.8. The molecule has 0 atom stereocenters. The van der Waals surface area contributed by atoms with Crippen molar-refractivity contribution in [2.45, 2.75) is 32.7 Å². The molecule has 0 aliphatic carbocycles. The largest absolute Gasteiger partial charge is 0.334 e. The average Bonchev–Trinajstić information content (AvgIpc) is 2.88. The van der Waals surface area contributed by atoms with Crippen LogP contribution in [0, 0.1) is 6.92 Å². The molecule has 2 N–H and O–H groups in total. The molecule has 0 amide bonds. The second-order valence-corrected chi connectivity index (χ2v) is 5.70. The molecule has 1 saturated heterocycles. The molecule has 2 heterocycles. The van der Waals surface area contributed by atoms with Crippen LogP contribution in [-0.2, 0) is 6.54 Å².